The molecule has 0 atom stereocenters. The van der Waals surface area contributed by atoms with Gasteiger partial charge in [0.25, 0.3) is 0 Å². The van der Waals surface area contributed by atoms with Crippen molar-refractivity contribution < 1.29 is 4.79 Å². The lowest BCUT2D eigenvalue weighted by molar-refractivity contribution is 0.101. The van der Waals surface area contributed by atoms with E-state index in [1.54, 1.807) is 13.3 Å². The van der Waals surface area contributed by atoms with Crippen LogP contribution in [0, 0.1) is 0 Å². The maximum atomic E-state index is 11.6. The molecule has 1 aliphatic heterocycles. The number of aromatic nitrogens is 4. The number of nitrogens with zero attached hydrogens (tertiary/aromatic N) is 4. The van der Waals surface area contributed by atoms with Crippen molar-refractivity contribution in [3.8, 4) is 0 Å². The van der Waals surface area contributed by atoms with Gasteiger partial charge in [-0.2, -0.15) is 0 Å². The van der Waals surface area contributed by atoms with Gasteiger partial charge < -0.3 is 9.88 Å². The number of nitrogens with one attached hydrogen (secondary N) is 1. The number of aryl methyl sites for hydroxylation is 2. The standard InChI is InChI=1S/C18H19N5O/c1-12(24)13-6-5-7-14(10-13)21-17-16-18(20-11-19-17)23-9-4-2-3-8-15(23)22-16/h5-7,10-11H,2-4,8-9H2,1H3,(H,19,20,21). The predicted octanol–water partition coefficient (Wildman–Crippen LogP) is 3.50. The summed E-state index contributed by atoms with van der Waals surface area (Å²) in [5.41, 5.74) is 3.17. The van der Waals surface area contributed by atoms with E-state index in [0.29, 0.717) is 11.4 Å². The van der Waals surface area contributed by atoms with Crippen LogP contribution >= 0.6 is 0 Å². The number of ketones is 1. The molecule has 1 aliphatic rings. The Kier molecular flexibility index (Phi) is 3.72. The van der Waals surface area contributed by atoms with Gasteiger partial charge in [0.15, 0.2) is 22.8 Å². The van der Waals surface area contributed by atoms with Gasteiger partial charge in [-0.05, 0) is 31.9 Å². The van der Waals surface area contributed by atoms with Gasteiger partial charge in [-0.1, -0.05) is 18.6 Å². The fourth-order valence-electron chi connectivity index (χ4n) is 3.18. The van der Waals surface area contributed by atoms with E-state index in [4.69, 9.17) is 4.98 Å². The highest BCUT2D eigenvalue weighted by Crippen LogP contribution is 2.26. The van der Waals surface area contributed by atoms with Crippen LogP contribution in [0.1, 0.15) is 42.4 Å². The molecule has 6 nitrogen and oxygen atoms in total. The zero-order valence-electron chi connectivity index (χ0n) is 13.6. The molecule has 3 aromatic rings. The first-order valence-corrected chi connectivity index (χ1v) is 8.30. The summed E-state index contributed by atoms with van der Waals surface area (Å²) in [7, 11) is 0. The molecule has 0 aliphatic carbocycles. The number of benzene rings is 1. The molecule has 0 spiro atoms. The van der Waals surface area contributed by atoms with Crippen LogP contribution in [0.2, 0.25) is 0 Å². The first kappa shape index (κ1) is 14.8. The Morgan fingerprint density at radius 3 is 3.00 bits per heavy atom. The van der Waals surface area contributed by atoms with Crippen molar-refractivity contribution >= 4 is 28.5 Å². The number of hydrogen-bond acceptors (Lipinski definition) is 5. The zero-order valence-corrected chi connectivity index (χ0v) is 13.6. The molecule has 3 heterocycles. The van der Waals surface area contributed by atoms with Gasteiger partial charge in [-0.15, -0.1) is 0 Å². The lowest BCUT2D eigenvalue weighted by Crippen LogP contribution is -2.02. The van der Waals surface area contributed by atoms with E-state index in [-0.39, 0.29) is 5.78 Å². The molecule has 0 amide bonds. The zero-order chi connectivity index (χ0) is 16.5. The van der Waals surface area contributed by atoms with Crippen LogP contribution in [0.5, 0.6) is 0 Å². The van der Waals surface area contributed by atoms with Crippen LogP contribution < -0.4 is 5.32 Å². The Morgan fingerprint density at radius 2 is 2.12 bits per heavy atom. The second kappa shape index (κ2) is 6.03. The van der Waals surface area contributed by atoms with Gasteiger partial charge >= 0.3 is 0 Å². The molecule has 0 saturated heterocycles. The van der Waals surface area contributed by atoms with Crippen molar-refractivity contribution in [2.75, 3.05) is 5.32 Å². The molecule has 1 aromatic carbocycles. The minimum Gasteiger partial charge on any atom is -0.338 e. The quantitative estimate of drug-likeness (QED) is 0.747. The van der Waals surface area contributed by atoms with Gasteiger partial charge in [0.2, 0.25) is 0 Å². The van der Waals surface area contributed by atoms with Crippen molar-refractivity contribution in [1.82, 2.24) is 19.5 Å². The maximum absolute atomic E-state index is 11.6. The minimum atomic E-state index is 0.0418. The number of rotatable bonds is 3. The van der Waals surface area contributed by atoms with E-state index in [0.717, 1.165) is 42.1 Å². The summed E-state index contributed by atoms with van der Waals surface area (Å²) in [4.78, 5) is 25.1. The minimum absolute atomic E-state index is 0.0418. The number of carbonyl (C=O) groups excluding carboxylic acids is 1. The Labute approximate surface area is 140 Å². The first-order valence-electron chi connectivity index (χ1n) is 8.30. The lowest BCUT2D eigenvalue weighted by atomic mass is 10.1. The monoisotopic (exact) mass is 321 g/mol. The van der Waals surface area contributed by atoms with Gasteiger partial charge in [0.1, 0.15) is 12.2 Å². The molecule has 6 heteroatoms. The fourth-order valence-corrected chi connectivity index (χ4v) is 3.18. The third-order valence-electron chi connectivity index (χ3n) is 4.43. The number of carbonyl (C=O) groups is 1. The topological polar surface area (TPSA) is 72.7 Å². The first-order chi connectivity index (χ1) is 11.7. The number of fused-ring (bicyclic) bond motifs is 3. The molecule has 122 valence electrons. The summed E-state index contributed by atoms with van der Waals surface area (Å²) in [6.45, 7) is 2.52. The second-order valence-corrected chi connectivity index (χ2v) is 6.15. The van der Waals surface area contributed by atoms with Gasteiger partial charge in [-0.3, -0.25) is 4.79 Å². The summed E-state index contributed by atoms with van der Waals surface area (Å²) >= 11 is 0. The van der Waals surface area contributed by atoms with Crippen molar-refractivity contribution in [3.05, 3.63) is 42.0 Å². The molecule has 0 unspecified atom stereocenters. The third-order valence-corrected chi connectivity index (χ3v) is 4.43. The number of hydrogen-bond donors (Lipinski definition) is 1. The van der Waals surface area contributed by atoms with E-state index >= 15 is 0 Å². The summed E-state index contributed by atoms with van der Waals surface area (Å²) in [6.07, 6.45) is 6.11. The van der Waals surface area contributed by atoms with Gasteiger partial charge in [0, 0.05) is 24.2 Å². The molecule has 2 aromatic heterocycles. The summed E-state index contributed by atoms with van der Waals surface area (Å²) in [5.74, 6) is 1.81. The highest BCUT2D eigenvalue weighted by molar-refractivity contribution is 5.95. The van der Waals surface area contributed by atoms with Crippen LogP contribution in [-0.2, 0) is 13.0 Å². The van der Waals surface area contributed by atoms with E-state index in [1.807, 2.05) is 24.3 Å². The number of Topliss-reactive ketones (excluding diaryl/α,β-unsaturated/α-hetero) is 1. The summed E-state index contributed by atoms with van der Waals surface area (Å²) < 4.78 is 2.21. The van der Waals surface area contributed by atoms with E-state index in [2.05, 4.69) is 19.9 Å². The van der Waals surface area contributed by atoms with Crippen molar-refractivity contribution in [2.24, 2.45) is 0 Å². The van der Waals surface area contributed by atoms with Gasteiger partial charge in [0.05, 0.1) is 0 Å². The Balaban J connectivity index is 1.75. The Hall–Kier alpha value is -2.76. The van der Waals surface area contributed by atoms with Crippen molar-refractivity contribution in [2.45, 2.75) is 39.2 Å². The molecule has 4 rings (SSSR count). The molecule has 0 radical (unpaired) electrons. The normalized spacial score (nSPS) is 14.2. The van der Waals surface area contributed by atoms with Crippen LogP contribution in [0.4, 0.5) is 11.5 Å². The largest absolute Gasteiger partial charge is 0.338 e. The fraction of sp³-hybridized carbons (Fsp3) is 0.333. The third kappa shape index (κ3) is 2.64. The van der Waals surface area contributed by atoms with Crippen LogP contribution in [-0.4, -0.2) is 25.3 Å². The average Bonchev–Trinajstić information content (AvgIpc) is 2.78. The molecule has 24 heavy (non-hydrogen) atoms. The SMILES string of the molecule is CC(=O)c1cccc(Nc2ncnc3c2nc2n3CCCCC2)c1. The average molecular weight is 321 g/mol. The van der Waals surface area contributed by atoms with Crippen molar-refractivity contribution in [1.29, 1.82) is 0 Å². The van der Waals surface area contributed by atoms with Crippen LogP contribution in [0.25, 0.3) is 11.2 Å². The Morgan fingerprint density at radius 1 is 1.21 bits per heavy atom. The van der Waals surface area contributed by atoms with Crippen LogP contribution in [0.15, 0.2) is 30.6 Å². The molecular formula is C18H19N5O. The van der Waals surface area contributed by atoms with Gasteiger partial charge in [-0.25, -0.2) is 15.0 Å². The summed E-state index contributed by atoms with van der Waals surface area (Å²) in [5, 5.41) is 3.29. The predicted molar refractivity (Wildman–Crippen MR) is 92.6 cm³/mol. The smallest absolute Gasteiger partial charge is 0.165 e. The number of anilines is 2. The molecular weight excluding hydrogens is 302 g/mol. The number of imidazole rings is 1. The molecule has 1 N–H and O–H groups in total. The lowest BCUT2D eigenvalue weighted by Gasteiger charge is -2.07. The van der Waals surface area contributed by atoms with E-state index < -0.39 is 0 Å². The second-order valence-electron chi connectivity index (χ2n) is 6.15. The maximum Gasteiger partial charge on any atom is 0.165 e. The Bertz CT molecular complexity index is 915. The summed E-state index contributed by atoms with van der Waals surface area (Å²) in [6, 6.07) is 7.42. The van der Waals surface area contributed by atoms with E-state index in [9.17, 15) is 4.79 Å². The van der Waals surface area contributed by atoms with Crippen LogP contribution in [0.3, 0.4) is 0 Å². The highest BCUT2D eigenvalue weighted by atomic mass is 16.1. The molecule has 0 bridgehead atoms. The molecule has 0 saturated carbocycles. The van der Waals surface area contributed by atoms with Crippen molar-refractivity contribution in [3.63, 3.8) is 0 Å². The van der Waals surface area contributed by atoms with E-state index in [1.165, 1.54) is 12.8 Å². The molecule has 0 fully saturated rings. The highest BCUT2D eigenvalue weighted by Gasteiger charge is 2.17.